The van der Waals surface area contributed by atoms with Gasteiger partial charge in [-0.1, -0.05) is 18.2 Å². The van der Waals surface area contributed by atoms with E-state index in [-0.39, 0.29) is 0 Å². The number of anilines is 1. The van der Waals surface area contributed by atoms with E-state index in [1.54, 1.807) is 30.3 Å². The van der Waals surface area contributed by atoms with Crippen molar-refractivity contribution in [1.29, 1.82) is 0 Å². The van der Waals surface area contributed by atoms with Gasteiger partial charge in [0, 0.05) is 12.7 Å². The SMILES string of the molecule is COC(=O)C(C(=O)OC)C(=O)N(C)c1ccccc1. The van der Waals surface area contributed by atoms with Crippen LogP contribution in [0.15, 0.2) is 30.3 Å². The van der Waals surface area contributed by atoms with Crippen LogP contribution in [0.25, 0.3) is 0 Å². The Balaban J connectivity index is 3.00. The third-order valence-electron chi connectivity index (χ3n) is 2.59. The summed E-state index contributed by atoms with van der Waals surface area (Å²) in [4.78, 5) is 36.4. The molecule has 1 amide bonds. The van der Waals surface area contributed by atoms with Gasteiger partial charge in [-0.15, -0.1) is 0 Å². The van der Waals surface area contributed by atoms with Crippen molar-refractivity contribution in [3.63, 3.8) is 0 Å². The Morgan fingerprint density at radius 1 is 1.00 bits per heavy atom. The number of nitrogens with zero attached hydrogens (tertiary/aromatic N) is 1. The molecule has 0 unspecified atom stereocenters. The van der Waals surface area contributed by atoms with Gasteiger partial charge in [0.2, 0.25) is 5.92 Å². The maximum atomic E-state index is 12.2. The second-order valence-corrected chi connectivity index (χ2v) is 3.71. The van der Waals surface area contributed by atoms with Crippen LogP contribution in [0.5, 0.6) is 0 Å². The van der Waals surface area contributed by atoms with Crippen LogP contribution in [0.3, 0.4) is 0 Å². The molecule has 102 valence electrons. The van der Waals surface area contributed by atoms with Gasteiger partial charge in [-0.05, 0) is 12.1 Å². The van der Waals surface area contributed by atoms with Gasteiger partial charge in [0.1, 0.15) is 0 Å². The minimum absolute atomic E-state index is 0.560. The first-order valence-corrected chi connectivity index (χ1v) is 5.51. The molecule has 0 atom stereocenters. The Hall–Kier alpha value is -2.37. The molecule has 0 aromatic heterocycles. The molecule has 0 aliphatic rings. The van der Waals surface area contributed by atoms with Crippen LogP contribution in [-0.2, 0) is 23.9 Å². The molecule has 1 aromatic carbocycles. The highest BCUT2D eigenvalue weighted by atomic mass is 16.5. The van der Waals surface area contributed by atoms with Crippen molar-refractivity contribution in [3.05, 3.63) is 30.3 Å². The molecule has 6 nitrogen and oxygen atoms in total. The summed E-state index contributed by atoms with van der Waals surface area (Å²) in [7, 11) is 3.68. The van der Waals surface area contributed by atoms with E-state index in [2.05, 4.69) is 9.47 Å². The van der Waals surface area contributed by atoms with Crippen LogP contribution in [0.4, 0.5) is 5.69 Å². The number of carbonyl (C=O) groups is 3. The quantitative estimate of drug-likeness (QED) is 0.589. The van der Waals surface area contributed by atoms with E-state index < -0.39 is 23.8 Å². The van der Waals surface area contributed by atoms with Crippen molar-refractivity contribution in [2.45, 2.75) is 0 Å². The fraction of sp³-hybridized carbons (Fsp3) is 0.308. The topological polar surface area (TPSA) is 72.9 Å². The van der Waals surface area contributed by atoms with Crippen LogP contribution in [0.1, 0.15) is 0 Å². The zero-order chi connectivity index (χ0) is 14.4. The summed E-state index contributed by atoms with van der Waals surface area (Å²) in [5.41, 5.74) is 0.560. The highest BCUT2D eigenvalue weighted by Crippen LogP contribution is 2.16. The average Bonchev–Trinajstić information content (AvgIpc) is 2.46. The third-order valence-corrected chi connectivity index (χ3v) is 2.59. The van der Waals surface area contributed by atoms with Gasteiger partial charge in [-0.25, -0.2) is 0 Å². The molecule has 0 saturated carbocycles. The van der Waals surface area contributed by atoms with Crippen molar-refractivity contribution < 1.29 is 23.9 Å². The molecule has 0 saturated heterocycles. The first kappa shape index (κ1) is 14.7. The lowest BCUT2D eigenvalue weighted by Gasteiger charge is -2.21. The van der Waals surface area contributed by atoms with Crippen LogP contribution < -0.4 is 4.90 Å². The first-order valence-electron chi connectivity index (χ1n) is 5.51. The third kappa shape index (κ3) is 3.31. The van der Waals surface area contributed by atoms with E-state index in [4.69, 9.17) is 0 Å². The number of rotatable bonds is 4. The minimum atomic E-state index is -1.61. The Bertz CT molecular complexity index is 455. The maximum absolute atomic E-state index is 12.2. The Morgan fingerprint density at radius 3 is 1.89 bits per heavy atom. The van der Waals surface area contributed by atoms with Gasteiger partial charge < -0.3 is 14.4 Å². The fourth-order valence-corrected chi connectivity index (χ4v) is 1.51. The highest BCUT2D eigenvalue weighted by molar-refractivity contribution is 6.18. The Labute approximate surface area is 110 Å². The second-order valence-electron chi connectivity index (χ2n) is 3.71. The molecule has 0 aliphatic heterocycles. The molecular formula is C13H15NO5. The van der Waals surface area contributed by atoms with Gasteiger partial charge in [-0.2, -0.15) is 0 Å². The van der Waals surface area contributed by atoms with Gasteiger partial charge in [0.15, 0.2) is 0 Å². The smallest absolute Gasteiger partial charge is 0.329 e. The van der Waals surface area contributed by atoms with Crippen molar-refractivity contribution in [2.75, 3.05) is 26.2 Å². The minimum Gasteiger partial charge on any atom is -0.468 e. The highest BCUT2D eigenvalue weighted by Gasteiger charge is 2.38. The molecule has 0 N–H and O–H groups in total. The van der Waals surface area contributed by atoms with Crippen LogP contribution in [-0.4, -0.2) is 39.1 Å². The van der Waals surface area contributed by atoms with Crippen molar-refractivity contribution in [2.24, 2.45) is 5.92 Å². The summed E-state index contributed by atoms with van der Waals surface area (Å²) in [6.07, 6.45) is 0. The normalized spacial score (nSPS) is 9.89. The van der Waals surface area contributed by atoms with Crippen molar-refractivity contribution in [3.8, 4) is 0 Å². The molecular weight excluding hydrogens is 250 g/mol. The monoisotopic (exact) mass is 265 g/mol. The number of hydrogen-bond donors (Lipinski definition) is 0. The van der Waals surface area contributed by atoms with Crippen molar-refractivity contribution in [1.82, 2.24) is 0 Å². The molecule has 0 radical (unpaired) electrons. The summed E-state index contributed by atoms with van der Waals surface area (Å²) in [6, 6.07) is 8.64. The Kier molecular flexibility index (Phi) is 5.05. The van der Waals surface area contributed by atoms with Gasteiger partial charge >= 0.3 is 11.9 Å². The molecule has 0 spiro atoms. The first-order chi connectivity index (χ1) is 9.02. The van der Waals surface area contributed by atoms with E-state index in [1.807, 2.05) is 0 Å². The number of carbonyl (C=O) groups excluding carboxylic acids is 3. The zero-order valence-electron chi connectivity index (χ0n) is 11.0. The molecule has 0 bridgehead atoms. The number of hydrogen-bond acceptors (Lipinski definition) is 5. The molecule has 0 heterocycles. The van der Waals surface area contributed by atoms with E-state index in [0.717, 1.165) is 14.2 Å². The predicted molar refractivity (Wildman–Crippen MR) is 67.4 cm³/mol. The summed E-state index contributed by atoms with van der Waals surface area (Å²) in [6.45, 7) is 0. The molecule has 19 heavy (non-hydrogen) atoms. The van der Waals surface area contributed by atoms with Crippen molar-refractivity contribution >= 4 is 23.5 Å². The zero-order valence-corrected chi connectivity index (χ0v) is 11.0. The summed E-state index contributed by atoms with van der Waals surface area (Å²) in [5, 5.41) is 0. The van der Waals surface area contributed by atoms with Gasteiger partial charge in [-0.3, -0.25) is 14.4 Å². The second kappa shape index (κ2) is 6.53. The largest absolute Gasteiger partial charge is 0.468 e. The van der Waals surface area contributed by atoms with Crippen LogP contribution in [0, 0.1) is 5.92 Å². The van der Waals surface area contributed by atoms with E-state index in [9.17, 15) is 14.4 Å². The standard InChI is InChI=1S/C13H15NO5/c1-14(9-7-5-4-6-8-9)11(15)10(12(16)18-2)13(17)19-3/h4-8,10H,1-3H3. The molecule has 1 aromatic rings. The lowest BCUT2D eigenvalue weighted by Crippen LogP contribution is -2.42. The number of esters is 2. The lowest BCUT2D eigenvalue weighted by atomic mass is 10.1. The lowest BCUT2D eigenvalue weighted by molar-refractivity contribution is -0.161. The number of methoxy groups -OCH3 is 2. The molecule has 0 aliphatic carbocycles. The van der Waals surface area contributed by atoms with Crippen LogP contribution >= 0.6 is 0 Å². The Morgan fingerprint density at radius 2 is 1.47 bits per heavy atom. The number of ether oxygens (including phenoxy) is 2. The summed E-state index contributed by atoms with van der Waals surface area (Å²) >= 11 is 0. The van der Waals surface area contributed by atoms with E-state index in [1.165, 1.54) is 11.9 Å². The summed E-state index contributed by atoms with van der Waals surface area (Å²) < 4.78 is 8.91. The summed E-state index contributed by atoms with van der Waals surface area (Å²) in [5.74, 6) is -4.20. The maximum Gasteiger partial charge on any atom is 0.329 e. The van der Waals surface area contributed by atoms with E-state index in [0.29, 0.717) is 5.69 Å². The predicted octanol–water partition coefficient (Wildman–Crippen LogP) is 0.612. The van der Waals surface area contributed by atoms with Crippen LogP contribution in [0.2, 0.25) is 0 Å². The number of para-hydroxylation sites is 1. The van der Waals surface area contributed by atoms with Gasteiger partial charge in [0.05, 0.1) is 14.2 Å². The molecule has 1 rings (SSSR count). The number of amides is 1. The van der Waals surface area contributed by atoms with E-state index >= 15 is 0 Å². The fourth-order valence-electron chi connectivity index (χ4n) is 1.51. The molecule has 6 heteroatoms. The molecule has 0 fully saturated rings. The average molecular weight is 265 g/mol. The number of benzene rings is 1. The van der Waals surface area contributed by atoms with Gasteiger partial charge in [0.25, 0.3) is 5.91 Å².